The van der Waals surface area contributed by atoms with Crippen molar-refractivity contribution < 1.29 is 9.53 Å². The third-order valence-corrected chi connectivity index (χ3v) is 4.62. The maximum Gasteiger partial charge on any atom is 0.343 e. The van der Waals surface area contributed by atoms with Crippen LogP contribution < -0.4 is 4.74 Å². The van der Waals surface area contributed by atoms with Crippen molar-refractivity contribution in [3.8, 4) is 16.9 Å². The monoisotopic (exact) mass is 330 g/mol. The van der Waals surface area contributed by atoms with E-state index in [1.165, 1.54) is 11.1 Å². The fourth-order valence-electron chi connectivity index (χ4n) is 2.77. The van der Waals surface area contributed by atoms with E-state index in [1.807, 2.05) is 50.2 Å². The first-order valence-electron chi connectivity index (χ1n) is 8.41. The molecule has 0 aliphatic rings. The molecule has 0 atom stereocenters. The molecular weight excluding hydrogens is 308 g/mol. The van der Waals surface area contributed by atoms with Crippen molar-refractivity contribution in [2.24, 2.45) is 0 Å². The van der Waals surface area contributed by atoms with Gasteiger partial charge in [0.1, 0.15) is 5.75 Å². The van der Waals surface area contributed by atoms with Gasteiger partial charge in [-0.15, -0.1) is 0 Å². The molecular formula is C23H22O2. The van der Waals surface area contributed by atoms with E-state index in [1.54, 1.807) is 0 Å². The Kier molecular flexibility index (Phi) is 4.71. The van der Waals surface area contributed by atoms with Gasteiger partial charge >= 0.3 is 5.97 Å². The van der Waals surface area contributed by atoms with Crippen molar-refractivity contribution in [1.82, 2.24) is 0 Å². The Bertz CT molecular complexity index is 881. The van der Waals surface area contributed by atoms with Gasteiger partial charge in [-0.1, -0.05) is 42.0 Å². The molecule has 0 aliphatic heterocycles. The van der Waals surface area contributed by atoms with Crippen molar-refractivity contribution in [2.75, 3.05) is 0 Å². The molecule has 25 heavy (non-hydrogen) atoms. The summed E-state index contributed by atoms with van der Waals surface area (Å²) in [7, 11) is 0. The summed E-state index contributed by atoms with van der Waals surface area (Å²) in [6.07, 6.45) is 0. The molecule has 0 radical (unpaired) electrons. The number of rotatable bonds is 3. The average Bonchev–Trinajstić information content (AvgIpc) is 2.60. The van der Waals surface area contributed by atoms with E-state index < -0.39 is 0 Å². The Morgan fingerprint density at radius 2 is 1.20 bits per heavy atom. The van der Waals surface area contributed by atoms with Crippen LogP contribution in [0, 0.1) is 27.7 Å². The van der Waals surface area contributed by atoms with Crippen LogP contribution in [0.15, 0.2) is 60.7 Å². The lowest BCUT2D eigenvalue weighted by atomic mass is 10.0. The molecule has 3 rings (SSSR count). The van der Waals surface area contributed by atoms with E-state index in [-0.39, 0.29) is 5.97 Å². The van der Waals surface area contributed by atoms with Gasteiger partial charge in [0.25, 0.3) is 0 Å². The van der Waals surface area contributed by atoms with Gasteiger partial charge < -0.3 is 4.74 Å². The number of ether oxygens (including phenoxy) is 1. The van der Waals surface area contributed by atoms with Crippen LogP contribution in [0.4, 0.5) is 0 Å². The van der Waals surface area contributed by atoms with Gasteiger partial charge in [-0.3, -0.25) is 0 Å². The Balaban J connectivity index is 1.78. The molecule has 0 saturated carbocycles. The number of benzene rings is 3. The van der Waals surface area contributed by atoms with Crippen LogP contribution >= 0.6 is 0 Å². The molecule has 0 spiro atoms. The van der Waals surface area contributed by atoms with Gasteiger partial charge in [0, 0.05) is 0 Å². The molecule has 0 amide bonds. The van der Waals surface area contributed by atoms with Crippen LogP contribution in [0.5, 0.6) is 5.75 Å². The number of hydrogen-bond acceptors (Lipinski definition) is 2. The predicted molar refractivity (Wildman–Crippen MR) is 102 cm³/mol. The van der Waals surface area contributed by atoms with Gasteiger partial charge in [-0.25, -0.2) is 4.79 Å². The van der Waals surface area contributed by atoms with Crippen molar-refractivity contribution in [1.29, 1.82) is 0 Å². The molecule has 0 heterocycles. The number of hydrogen-bond donors (Lipinski definition) is 0. The molecule has 0 bridgehead atoms. The molecule has 2 nitrogen and oxygen atoms in total. The molecule has 0 aliphatic carbocycles. The molecule has 0 fully saturated rings. The summed E-state index contributed by atoms with van der Waals surface area (Å²) in [4.78, 5) is 12.4. The SMILES string of the molecule is Cc1ccc(-c2ccc(C(=O)Oc3cc(C)c(C)c(C)c3)cc2)cc1. The summed E-state index contributed by atoms with van der Waals surface area (Å²) in [6, 6.07) is 19.7. The van der Waals surface area contributed by atoms with E-state index in [9.17, 15) is 4.79 Å². The van der Waals surface area contributed by atoms with Crippen LogP contribution in [0.2, 0.25) is 0 Å². The Labute approximate surface area is 149 Å². The summed E-state index contributed by atoms with van der Waals surface area (Å²) in [5.74, 6) is 0.256. The molecule has 0 saturated heterocycles. The lowest BCUT2D eigenvalue weighted by molar-refractivity contribution is 0.0734. The third-order valence-electron chi connectivity index (χ3n) is 4.62. The highest BCUT2D eigenvalue weighted by Gasteiger charge is 2.10. The van der Waals surface area contributed by atoms with E-state index in [0.29, 0.717) is 11.3 Å². The first kappa shape index (κ1) is 17.0. The molecule has 0 aromatic heterocycles. The maximum absolute atomic E-state index is 12.4. The number of esters is 1. The van der Waals surface area contributed by atoms with Crippen LogP contribution in [-0.4, -0.2) is 5.97 Å². The van der Waals surface area contributed by atoms with E-state index >= 15 is 0 Å². The Hall–Kier alpha value is -2.87. The highest BCUT2D eigenvalue weighted by molar-refractivity contribution is 5.91. The van der Waals surface area contributed by atoms with Crippen molar-refractivity contribution in [3.63, 3.8) is 0 Å². The van der Waals surface area contributed by atoms with Crippen LogP contribution in [0.25, 0.3) is 11.1 Å². The fraction of sp³-hybridized carbons (Fsp3) is 0.174. The summed E-state index contributed by atoms with van der Waals surface area (Å²) >= 11 is 0. The second-order valence-corrected chi connectivity index (χ2v) is 6.51. The second kappa shape index (κ2) is 6.94. The molecule has 2 heteroatoms. The minimum atomic E-state index is -0.335. The number of carbonyl (C=O) groups excluding carboxylic acids is 1. The molecule has 3 aromatic carbocycles. The topological polar surface area (TPSA) is 26.3 Å². The number of aryl methyl sites for hydroxylation is 3. The third kappa shape index (κ3) is 3.80. The minimum Gasteiger partial charge on any atom is -0.423 e. The number of carbonyl (C=O) groups is 1. The highest BCUT2D eigenvalue weighted by atomic mass is 16.5. The zero-order valence-electron chi connectivity index (χ0n) is 15.1. The highest BCUT2D eigenvalue weighted by Crippen LogP contribution is 2.23. The van der Waals surface area contributed by atoms with Gasteiger partial charge in [0.2, 0.25) is 0 Å². The normalized spacial score (nSPS) is 10.6. The molecule has 0 unspecified atom stereocenters. The van der Waals surface area contributed by atoms with Crippen molar-refractivity contribution in [3.05, 3.63) is 88.5 Å². The molecule has 3 aromatic rings. The van der Waals surface area contributed by atoms with E-state index in [0.717, 1.165) is 22.3 Å². The summed E-state index contributed by atoms with van der Waals surface area (Å²) < 4.78 is 5.54. The van der Waals surface area contributed by atoms with Crippen LogP contribution in [0.1, 0.15) is 32.6 Å². The largest absolute Gasteiger partial charge is 0.423 e. The summed E-state index contributed by atoms with van der Waals surface area (Å²) in [5, 5.41) is 0. The first-order valence-corrected chi connectivity index (χ1v) is 8.41. The van der Waals surface area contributed by atoms with Crippen LogP contribution in [-0.2, 0) is 0 Å². The average molecular weight is 330 g/mol. The lowest BCUT2D eigenvalue weighted by Crippen LogP contribution is -2.08. The minimum absolute atomic E-state index is 0.335. The fourth-order valence-corrected chi connectivity index (χ4v) is 2.77. The zero-order chi connectivity index (χ0) is 18.0. The molecule has 126 valence electrons. The smallest absolute Gasteiger partial charge is 0.343 e. The van der Waals surface area contributed by atoms with Crippen molar-refractivity contribution >= 4 is 5.97 Å². The van der Waals surface area contributed by atoms with Gasteiger partial charge in [-0.2, -0.15) is 0 Å². The van der Waals surface area contributed by atoms with Crippen molar-refractivity contribution in [2.45, 2.75) is 27.7 Å². The van der Waals surface area contributed by atoms with Crippen LogP contribution in [0.3, 0.4) is 0 Å². The first-order chi connectivity index (χ1) is 11.9. The Morgan fingerprint density at radius 3 is 1.72 bits per heavy atom. The lowest BCUT2D eigenvalue weighted by Gasteiger charge is -2.10. The van der Waals surface area contributed by atoms with Gasteiger partial charge in [0.15, 0.2) is 0 Å². The van der Waals surface area contributed by atoms with Gasteiger partial charge in [0.05, 0.1) is 5.56 Å². The summed E-state index contributed by atoms with van der Waals surface area (Å²) in [5.41, 5.74) is 7.46. The Morgan fingerprint density at radius 1 is 0.720 bits per heavy atom. The zero-order valence-corrected chi connectivity index (χ0v) is 15.1. The van der Waals surface area contributed by atoms with Gasteiger partial charge in [-0.05, 0) is 79.8 Å². The maximum atomic E-state index is 12.4. The van der Waals surface area contributed by atoms with E-state index in [4.69, 9.17) is 4.74 Å². The summed E-state index contributed by atoms with van der Waals surface area (Å²) in [6.45, 7) is 8.18. The quantitative estimate of drug-likeness (QED) is 0.448. The second-order valence-electron chi connectivity index (χ2n) is 6.51. The van der Waals surface area contributed by atoms with E-state index in [2.05, 4.69) is 38.1 Å². The predicted octanol–water partition coefficient (Wildman–Crippen LogP) is 5.81. The standard InChI is InChI=1S/C23H22O2/c1-15-5-7-19(8-6-15)20-9-11-21(12-10-20)23(24)25-22-13-16(2)18(4)17(3)14-22/h5-14H,1-4H3. The molecule has 0 N–H and O–H groups in total.